The first-order valence-electron chi connectivity index (χ1n) is 8.49. The maximum absolute atomic E-state index is 13.2. The van der Waals surface area contributed by atoms with Crippen LogP contribution in [0.5, 0.6) is 0 Å². The lowest BCUT2D eigenvalue weighted by Gasteiger charge is -2.09. The van der Waals surface area contributed by atoms with Gasteiger partial charge in [-0.3, -0.25) is 0 Å². The van der Waals surface area contributed by atoms with Crippen LogP contribution < -0.4 is 0 Å². The molecule has 2 aromatic heterocycles. The molecule has 0 fully saturated rings. The van der Waals surface area contributed by atoms with Crippen molar-refractivity contribution in [3.05, 3.63) is 65.7 Å². The van der Waals surface area contributed by atoms with Gasteiger partial charge in [-0.15, -0.1) is 0 Å². The molecule has 27 heavy (non-hydrogen) atoms. The van der Waals surface area contributed by atoms with Crippen molar-refractivity contribution in [2.75, 3.05) is 0 Å². The molecule has 0 spiro atoms. The van der Waals surface area contributed by atoms with Crippen LogP contribution in [0.25, 0.3) is 33.7 Å². The van der Waals surface area contributed by atoms with Crippen molar-refractivity contribution in [2.45, 2.75) is 19.0 Å². The largest absolute Gasteiger partial charge is 0.417 e. The van der Waals surface area contributed by atoms with E-state index in [0.717, 1.165) is 35.5 Å². The zero-order valence-corrected chi connectivity index (χ0v) is 14.0. The number of nitrogens with one attached hydrogen (secondary N) is 1. The molecule has 2 aromatic carbocycles. The van der Waals surface area contributed by atoms with E-state index in [1.165, 1.54) is 23.8 Å². The number of rotatable bonds is 2. The predicted molar refractivity (Wildman–Crippen MR) is 93.8 cm³/mol. The predicted octanol–water partition coefficient (Wildman–Crippen LogP) is 5.40. The molecule has 0 amide bonds. The summed E-state index contributed by atoms with van der Waals surface area (Å²) in [6, 6.07) is 10.9. The van der Waals surface area contributed by atoms with Gasteiger partial charge in [-0.2, -0.15) is 18.2 Å². The Labute approximate surface area is 152 Å². The summed E-state index contributed by atoms with van der Waals surface area (Å²) in [7, 11) is 0. The van der Waals surface area contributed by atoms with Crippen LogP contribution in [0.15, 0.2) is 47.0 Å². The molecule has 0 bridgehead atoms. The van der Waals surface area contributed by atoms with E-state index in [2.05, 4.69) is 21.5 Å². The highest BCUT2D eigenvalue weighted by atomic mass is 19.4. The zero-order valence-electron chi connectivity index (χ0n) is 14.0. The fourth-order valence-corrected chi connectivity index (χ4v) is 3.58. The molecule has 0 aliphatic heterocycles. The summed E-state index contributed by atoms with van der Waals surface area (Å²) >= 11 is 0. The Hall–Kier alpha value is -3.09. The van der Waals surface area contributed by atoms with Crippen molar-refractivity contribution >= 4 is 10.9 Å². The average molecular weight is 368 g/mol. The van der Waals surface area contributed by atoms with Crippen LogP contribution >= 0.6 is 0 Å². The van der Waals surface area contributed by atoms with Gasteiger partial charge >= 0.3 is 6.18 Å². The molecule has 1 aliphatic carbocycles. The second kappa shape index (κ2) is 5.70. The molecule has 5 rings (SSSR count). The Morgan fingerprint density at radius 1 is 1.07 bits per heavy atom. The molecule has 7 heteroatoms. The smallest absolute Gasteiger partial charge is 0.358 e. The first-order valence-corrected chi connectivity index (χ1v) is 8.49. The number of alkyl halides is 3. The van der Waals surface area contributed by atoms with Gasteiger partial charge in [-0.25, -0.2) is 0 Å². The molecule has 4 aromatic rings. The normalized spacial score (nSPS) is 14.0. The first kappa shape index (κ1) is 16.1. The quantitative estimate of drug-likeness (QED) is 0.515. The minimum atomic E-state index is -4.49. The second-order valence-corrected chi connectivity index (χ2v) is 6.49. The number of aromatic nitrogens is 3. The van der Waals surface area contributed by atoms with Crippen LogP contribution in [0.3, 0.4) is 0 Å². The first-order chi connectivity index (χ1) is 13.0. The van der Waals surface area contributed by atoms with Gasteiger partial charge in [0.05, 0.1) is 11.1 Å². The van der Waals surface area contributed by atoms with E-state index < -0.39 is 11.7 Å². The van der Waals surface area contributed by atoms with Gasteiger partial charge in [-0.1, -0.05) is 17.3 Å². The highest BCUT2D eigenvalue weighted by Gasteiger charge is 2.34. The van der Waals surface area contributed by atoms with Gasteiger partial charge in [0.1, 0.15) is 0 Å². The minimum Gasteiger partial charge on any atom is -0.358 e. The molecule has 4 nitrogen and oxygen atoms in total. The van der Waals surface area contributed by atoms with E-state index in [9.17, 15) is 13.2 Å². The fraction of sp³-hybridized carbons (Fsp3) is 0.150. The minimum absolute atomic E-state index is 0.123. The molecule has 0 saturated carbocycles. The lowest BCUT2D eigenvalue weighted by molar-refractivity contribution is -0.137. The molecule has 0 atom stereocenters. The fourth-order valence-electron chi connectivity index (χ4n) is 3.58. The van der Waals surface area contributed by atoms with Crippen LogP contribution in [0, 0.1) is 6.42 Å². The van der Waals surface area contributed by atoms with E-state index in [1.807, 2.05) is 18.2 Å². The molecule has 1 radical (unpaired) electrons. The van der Waals surface area contributed by atoms with Crippen molar-refractivity contribution in [3.63, 3.8) is 0 Å². The van der Waals surface area contributed by atoms with Crippen molar-refractivity contribution in [2.24, 2.45) is 0 Å². The number of aryl methyl sites for hydroxylation is 1. The number of fused-ring (bicyclic) bond motifs is 3. The van der Waals surface area contributed by atoms with Gasteiger partial charge in [0.2, 0.25) is 5.82 Å². The molecule has 135 valence electrons. The second-order valence-electron chi connectivity index (χ2n) is 6.49. The molecule has 2 heterocycles. The molecule has 0 unspecified atom stereocenters. The number of hydrogen-bond donors (Lipinski definition) is 1. The Morgan fingerprint density at radius 2 is 1.93 bits per heavy atom. The summed E-state index contributed by atoms with van der Waals surface area (Å²) in [6.45, 7) is 0. The average Bonchev–Trinajstić information content (AvgIpc) is 3.36. The highest BCUT2D eigenvalue weighted by Crippen LogP contribution is 2.37. The summed E-state index contributed by atoms with van der Waals surface area (Å²) in [5.41, 5.74) is 3.19. The van der Waals surface area contributed by atoms with E-state index in [-0.39, 0.29) is 17.3 Å². The van der Waals surface area contributed by atoms with E-state index in [1.54, 1.807) is 0 Å². The molecule has 1 N–H and O–H groups in total. The van der Waals surface area contributed by atoms with Crippen molar-refractivity contribution in [3.8, 4) is 22.8 Å². The van der Waals surface area contributed by atoms with Crippen molar-refractivity contribution < 1.29 is 17.7 Å². The van der Waals surface area contributed by atoms with Gasteiger partial charge in [-0.05, 0) is 48.7 Å². The van der Waals surface area contributed by atoms with Gasteiger partial charge in [0.15, 0.2) is 0 Å². The van der Waals surface area contributed by atoms with Crippen LogP contribution in [0.1, 0.15) is 23.2 Å². The van der Waals surface area contributed by atoms with Crippen LogP contribution in [-0.2, 0) is 12.6 Å². The maximum Gasteiger partial charge on any atom is 0.417 e. The van der Waals surface area contributed by atoms with Crippen LogP contribution in [0.2, 0.25) is 0 Å². The third kappa shape index (κ3) is 2.61. The SMILES string of the molecule is FC(F)(F)c1ccccc1-c1nc(-c2ccc3[nH]c4c(c3c2)CC[CH]4)no1. The number of nitrogens with zero attached hydrogens (tertiary/aromatic N) is 2. The van der Waals surface area contributed by atoms with Crippen LogP contribution in [0.4, 0.5) is 13.2 Å². The number of aromatic amines is 1. The number of halogens is 3. The highest BCUT2D eigenvalue weighted by molar-refractivity contribution is 5.89. The summed E-state index contributed by atoms with van der Waals surface area (Å²) in [4.78, 5) is 7.58. The molecule has 0 saturated heterocycles. The Kier molecular flexibility index (Phi) is 3.40. The summed E-state index contributed by atoms with van der Waals surface area (Å²) in [5, 5.41) is 4.98. The van der Waals surface area contributed by atoms with E-state index in [0.29, 0.717) is 5.56 Å². The van der Waals surface area contributed by atoms with Gasteiger partial charge in [0, 0.05) is 28.6 Å². The third-order valence-electron chi connectivity index (χ3n) is 4.83. The Bertz CT molecular complexity index is 1160. The Balaban J connectivity index is 1.58. The van der Waals surface area contributed by atoms with Gasteiger partial charge in [0.25, 0.3) is 5.89 Å². The lowest BCUT2D eigenvalue weighted by atomic mass is 10.1. The molecular weight excluding hydrogens is 355 g/mol. The van der Waals surface area contributed by atoms with Gasteiger partial charge < -0.3 is 9.51 Å². The third-order valence-corrected chi connectivity index (χ3v) is 4.83. The maximum atomic E-state index is 13.2. The summed E-state index contributed by atoms with van der Waals surface area (Å²) in [6.07, 6.45) is -0.362. The monoisotopic (exact) mass is 368 g/mol. The standard InChI is InChI=1S/C20H13F3N3O/c21-20(22,23)15-6-2-1-4-13(15)19-25-18(26-27-19)11-8-9-17-14(10-11)12-5-3-7-16(12)24-17/h1-2,4,6-10,24H,3,5H2. The number of H-pyrrole nitrogens is 1. The lowest BCUT2D eigenvalue weighted by Crippen LogP contribution is -2.06. The van der Waals surface area contributed by atoms with E-state index >= 15 is 0 Å². The number of hydrogen-bond acceptors (Lipinski definition) is 3. The number of benzene rings is 2. The van der Waals surface area contributed by atoms with Crippen LogP contribution in [-0.4, -0.2) is 15.1 Å². The van der Waals surface area contributed by atoms with Crippen molar-refractivity contribution in [1.82, 2.24) is 15.1 Å². The Morgan fingerprint density at radius 3 is 2.78 bits per heavy atom. The summed E-state index contributed by atoms with van der Waals surface area (Å²) in [5.74, 6) is 0.117. The zero-order chi connectivity index (χ0) is 18.6. The molecule has 1 aliphatic rings. The molecular formula is C20H13F3N3O. The topological polar surface area (TPSA) is 54.7 Å². The van der Waals surface area contributed by atoms with Crippen molar-refractivity contribution in [1.29, 1.82) is 0 Å². The summed E-state index contributed by atoms with van der Waals surface area (Å²) < 4.78 is 44.9. The van der Waals surface area contributed by atoms with E-state index in [4.69, 9.17) is 4.52 Å².